The van der Waals surface area contributed by atoms with Gasteiger partial charge in [0.25, 0.3) is 5.56 Å². The van der Waals surface area contributed by atoms with Gasteiger partial charge in [-0.15, -0.1) is 11.3 Å². The first-order valence-electron chi connectivity index (χ1n) is 9.89. The number of hydrogen-bond acceptors (Lipinski definition) is 5. The molecule has 0 atom stereocenters. The van der Waals surface area contributed by atoms with Crippen LogP contribution in [0.4, 0.5) is 0 Å². The second-order valence-corrected chi connectivity index (χ2v) is 8.83. The van der Waals surface area contributed by atoms with Crippen LogP contribution in [0, 0.1) is 0 Å². The van der Waals surface area contributed by atoms with Gasteiger partial charge in [-0.25, -0.2) is 0 Å². The SMILES string of the molecule is O=c1cc(OCc2ccc(Cl)cn2)ccn1-c1ccc2c3c(sc2c1)CCNCC3. The van der Waals surface area contributed by atoms with Crippen molar-refractivity contribution >= 4 is 33.0 Å². The molecule has 0 amide bonds. The topological polar surface area (TPSA) is 56.1 Å². The van der Waals surface area contributed by atoms with Crippen molar-refractivity contribution in [1.29, 1.82) is 0 Å². The van der Waals surface area contributed by atoms with Crippen LogP contribution in [-0.2, 0) is 19.4 Å². The molecule has 5 nitrogen and oxygen atoms in total. The van der Waals surface area contributed by atoms with E-state index in [1.165, 1.54) is 26.6 Å². The first kappa shape index (κ1) is 19.3. The number of hydrogen-bond donors (Lipinski definition) is 1. The van der Waals surface area contributed by atoms with Crippen LogP contribution >= 0.6 is 22.9 Å². The number of ether oxygens (including phenoxy) is 1. The standard InChI is InChI=1S/C23H20ClN3O2S/c24-15-1-2-16(26-13-15)14-29-18-7-10-27(23(28)12-18)17-3-4-19-20-5-8-25-9-6-21(20)30-22(19)11-17/h1-4,7,10-13,25H,5-6,8-9,14H2. The Bertz CT molecular complexity index is 1260. The Morgan fingerprint density at radius 3 is 2.87 bits per heavy atom. The highest BCUT2D eigenvalue weighted by molar-refractivity contribution is 7.19. The molecule has 0 spiro atoms. The van der Waals surface area contributed by atoms with E-state index in [0.29, 0.717) is 10.8 Å². The van der Waals surface area contributed by atoms with Crippen LogP contribution in [0.5, 0.6) is 5.75 Å². The lowest BCUT2D eigenvalue weighted by molar-refractivity contribution is 0.300. The summed E-state index contributed by atoms with van der Waals surface area (Å²) < 4.78 is 8.61. The molecule has 0 saturated heterocycles. The Balaban J connectivity index is 1.39. The zero-order valence-electron chi connectivity index (χ0n) is 16.2. The van der Waals surface area contributed by atoms with E-state index in [0.717, 1.165) is 37.3 Å². The summed E-state index contributed by atoms with van der Waals surface area (Å²) >= 11 is 7.69. The zero-order chi connectivity index (χ0) is 20.5. The highest BCUT2D eigenvalue weighted by Crippen LogP contribution is 2.34. The largest absolute Gasteiger partial charge is 0.487 e. The Morgan fingerprint density at radius 2 is 2.03 bits per heavy atom. The van der Waals surface area contributed by atoms with E-state index in [-0.39, 0.29) is 12.2 Å². The van der Waals surface area contributed by atoms with E-state index in [1.807, 2.05) is 17.4 Å². The number of pyridine rings is 2. The number of thiophene rings is 1. The van der Waals surface area contributed by atoms with E-state index < -0.39 is 0 Å². The molecule has 0 unspecified atom stereocenters. The molecule has 1 aliphatic rings. The Kier molecular flexibility index (Phi) is 5.29. The summed E-state index contributed by atoms with van der Waals surface area (Å²) in [5, 5.41) is 5.35. The van der Waals surface area contributed by atoms with Crippen molar-refractivity contribution in [2.45, 2.75) is 19.4 Å². The van der Waals surface area contributed by atoms with Gasteiger partial charge >= 0.3 is 0 Å². The highest BCUT2D eigenvalue weighted by atomic mass is 35.5. The fourth-order valence-electron chi connectivity index (χ4n) is 3.77. The zero-order valence-corrected chi connectivity index (χ0v) is 17.8. The normalized spacial score (nSPS) is 13.8. The Labute approximate surface area is 182 Å². The smallest absolute Gasteiger partial charge is 0.258 e. The predicted octanol–water partition coefficient (Wildman–Crippen LogP) is 4.37. The van der Waals surface area contributed by atoms with Crippen molar-refractivity contribution in [3.8, 4) is 11.4 Å². The van der Waals surface area contributed by atoms with Gasteiger partial charge < -0.3 is 10.1 Å². The number of halogens is 1. The van der Waals surface area contributed by atoms with Crippen molar-refractivity contribution in [1.82, 2.24) is 14.9 Å². The molecule has 7 heteroatoms. The van der Waals surface area contributed by atoms with Crippen LogP contribution in [0.15, 0.2) is 59.7 Å². The Morgan fingerprint density at radius 1 is 1.13 bits per heavy atom. The maximum atomic E-state index is 12.7. The second-order valence-electron chi connectivity index (χ2n) is 7.26. The number of fused-ring (bicyclic) bond motifs is 3. The van der Waals surface area contributed by atoms with E-state index in [4.69, 9.17) is 16.3 Å². The molecule has 5 rings (SSSR count). The molecule has 0 aliphatic carbocycles. The van der Waals surface area contributed by atoms with E-state index >= 15 is 0 Å². The van der Waals surface area contributed by atoms with Crippen LogP contribution in [0.3, 0.4) is 0 Å². The van der Waals surface area contributed by atoms with Crippen LogP contribution in [0.1, 0.15) is 16.1 Å². The maximum Gasteiger partial charge on any atom is 0.258 e. The van der Waals surface area contributed by atoms with Gasteiger partial charge in [0.2, 0.25) is 0 Å². The monoisotopic (exact) mass is 437 g/mol. The fourth-order valence-corrected chi connectivity index (χ4v) is 5.17. The van der Waals surface area contributed by atoms with Crippen LogP contribution in [-0.4, -0.2) is 22.6 Å². The predicted molar refractivity (Wildman–Crippen MR) is 121 cm³/mol. The van der Waals surface area contributed by atoms with Crippen molar-refractivity contribution in [2.24, 2.45) is 0 Å². The lowest BCUT2D eigenvalue weighted by atomic mass is 10.1. The molecule has 4 heterocycles. The molecule has 30 heavy (non-hydrogen) atoms. The molecular weight excluding hydrogens is 418 g/mol. The molecular formula is C23H20ClN3O2S. The van der Waals surface area contributed by atoms with Crippen LogP contribution in [0.2, 0.25) is 5.02 Å². The minimum absolute atomic E-state index is 0.127. The third kappa shape index (κ3) is 3.86. The molecule has 1 aliphatic heterocycles. The molecule has 0 bridgehead atoms. The van der Waals surface area contributed by atoms with Crippen LogP contribution in [0.25, 0.3) is 15.8 Å². The molecule has 1 aromatic carbocycles. The van der Waals surface area contributed by atoms with Gasteiger partial charge in [-0.1, -0.05) is 17.7 Å². The average Bonchev–Trinajstić information content (AvgIpc) is 2.93. The maximum absolute atomic E-state index is 12.7. The van der Waals surface area contributed by atoms with Crippen LogP contribution < -0.4 is 15.6 Å². The summed E-state index contributed by atoms with van der Waals surface area (Å²) in [4.78, 5) is 18.4. The summed E-state index contributed by atoms with van der Waals surface area (Å²) in [6, 6.07) is 13.2. The molecule has 0 fully saturated rings. The summed E-state index contributed by atoms with van der Waals surface area (Å²) in [6.07, 6.45) is 5.47. The second kappa shape index (κ2) is 8.22. The minimum Gasteiger partial charge on any atom is -0.487 e. The number of rotatable bonds is 4. The van der Waals surface area contributed by atoms with Gasteiger partial charge in [0.1, 0.15) is 12.4 Å². The molecule has 0 saturated carbocycles. The Hall–Kier alpha value is -2.67. The van der Waals surface area contributed by atoms with Gasteiger partial charge in [-0.2, -0.15) is 0 Å². The van der Waals surface area contributed by atoms with Gasteiger partial charge in [-0.05, 0) is 67.2 Å². The summed E-state index contributed by atoms with van der Waals surface area (Å²) in [7, 11) is 0. The van der Waals surface area contributed by atoms with Crippen molar-refractivity contribution < 1.29 is 4.74 Å². The first-order chi connectivity index (χ1) is 14.7. The van der Waals surface area contributed by atoms with Crippen molar-refractivity contribution in [2.75, 3.05) is 13.1 Å². The van der Waals surface area contributed by atoms with Crippen molar-refractivity contribution in [3.63, 3.8) is 0 Å². The molecule has 1 N–H and O–H groups in total. The number of nitrogens with one attached hydrogen (secondary N) is 1. The first-order valence-corrected chi connectivity index (χ1v) is 11.1. The number of aromatic nitrogens is 2. The van der Waals surface area contributed by atoms with Gasteiger partial charge in [0.15, 0.2) is 0 Å². The number of benzene rings is 1. The fraction of sp³-hybridized carbons (Fsp3) is 0.217. The number of nitrogens with zero attached hydrogens (tertiary/aromatic N) is 2. The van der Waals surface area contributed by atoms with Gasteiger partial charge in [0.05, 0.1) is 16.4 Å². The lowest BCUT2D eigenvalue weighted by Crippen LogP contribution is -2.17. The van der Waals surface area contributed by atoms with Gasteiger partial charge in [0, 0.05) is 28.0 Å². The third-order valence-electron chi connectivity index (χ3n) is 5.29. The van der Waals surface area contributed by atoms with E-state index in [1.54, 1.807) is 35.2 Å². The third-order valence-corrected chi connectivity index (χ3v) is 6.76. The highest BCUT2D eigenvalue weighted by Gasteiger charge is 2.15. The summed E-state index contributed by atoms with van der Waals surface area (Å²) in [5.74, 6) is 0.518. The average molecular weight is 438 g/mol. The van der Waals surface area contributed by atoms with E-state index in [2.05, 4.69) is 22.4 Å². The molecule has 3 aromatic heterocycles. The van der Waals surface area contributed by atoms with Gasteiger partial charge in [-0.3, -0.25) is 14.3 Å². The molecule has 0 radical (unpaired) electrons. The van der Waals surface area contributed by atoms with E-state index in [9.17, 15) is 4.79 Å². The summed E-state index contributed by atoms with van der Waals surface area (Å²) in [6.45, 7) is 2.33. The summed E-state index contributed by atoms with van der Waals surface area (Å²) in [5.41, 5.74) is 2.95. The molecule has 152 valence electrons. The van der Waals surface area contributed by atoms with Crippen molar-refractivity contribution in [3.05, 3.63) is 86.4 Å². The lowest BCUT2D eigenvalue weighted by Gasteiger charge is -2.09. The quantitative estimate of drug-likeness (QED) is 0.515. The minimum atomic E-state index is -0.127. The molecule has 4 aromatic rings.